The molecule has 0 radical (unpaired) electrons. The van der Waals surface area contributed by atoms with Gasteiger partial charge in [-0.3, -0.25) is 9.79 Å². The maximum absolute atomic E-state index is 12.1. The Balaban J connectivity index is 0.00000729. The number of hydrogen-bond acceptors (Lipinski definition) is 5. The number of carbonyl (C=O) groups is 2. The number of amides is 1. The van der Waals surface area contributed by atoms with Crippen LogP contribution in [0.4, 0.5) is 4.79 Å². The Bertz CT molecular complexity index is 529. The average Bonchev–Trinajstić information content (AvgIpc) is 2.60. The molecule has 164 valence electrons. The van der Waals surface area contributed by atoms with Crippen LogP contribution in [0.15, 0.2) is 4.99 Å². The first-order valence-electron chi connectivity index (χ1n) is 9.55. The van der Waals surface area contributed by atoms with Crippen LogP contribution in [0.25, 0.3) is 0 Å². The molecule has 0 saturated carbocycles. The van der Waals surface area contributed by atoms with E-state index in [1.54, 1.807) is 19.0 Å². The zero-order valence-corrected chi connectivity index (χ0v) is 20.6. The lowest BCUT2D eigenvalue weighted by atomic mass is 9.97. The molecule has 1 heterocycles. The monoisotopic (exact) mass is 512 g/mol. The van der Waals surface area contributed by atoms with Crippen molar-refractivity contribution in [3.05, 3.63) is 0 Å². The van der Waals surface area contributed by atoms with Crippen molar-refractivity contribution in [3.63, 3.8) is 0 Å². The number of nitrogens with zero attached hydrogens (tertiary/aromatic N) is 3. The number of piperidine rings is 1. The molecule has 1 aliphatic heterocycles. The molecule has 1 saturated heterocycles. The van der Waals surface area contributed by atoms with Gasteiger partial charge in [0.2, 0.25) is 0 Å². The van der Waals surface area contributed by atoms with E-state index in [4.69, 9.17) is 9.47 Å². The van der Waals surface area contributed by atoms with Gasteiger partial charge in [0, 0.05) is 40.3 Å². The van der Waals surface area contributed by atoms with Crippen molar-refractivity contribution in [2.45, 2.75) is 46.1 Å². The molecule has 0 spiro atoms. The highest BCUT2D eigenvalue weighted by atomic mass is 127. The minimum absolute atomic E-state index is 0. The number of likely N-dealkylation sites (tertiary alicyclic amines) is 1. The molecule has 0 aliphatic carbocycles. The molecular formula is C19H37IN4O4. The van der Waals surface area contributed by atoms with Gasteiger partial charge in [0.15, 0.2) is 5.96 Å². The van der Waals surface area contributed by atoms with E-state index in [-0.39, 0.29) is 47.9 Å². The summed E-state index contributed by atoms with van der Waals surface area (Å²) in [5, 5.41) is 3.37. The van der Waals surface area contributed by atoms with E-state index >= 15 is 0 Å². The summed E-state index contributed by atoms with van der Waals surface area (Å²) in [4.78, 5) is 31.8. The molecule has 1 atom stereocenters. The van der Waals surface area contributed by atoms with Crippen LogP contribution in [0.5, 0.6) is 0 Å². The fourth-order valence-corrected chi connectivity index (χ4v) is 3.04. The highest BCUT2D eigenvalue weighted by molar-refractivity contribution is 14.0. The number of hydrogen-bond donors (Lipinski definition) is 1. The number of guanidine groups is 1. The lowest BCUT2D eigenvalue weighted by Crippen LogP contribution is -2.48. The summed E-state index contributed by atoms with van der Waals surface area (Å²) in [6.45, 7) is 10.5. The molecule has 1 fully saturated rings. The maximum Gasteiger partial charge on any atom is 0.410 e. The third kappa shape index (κ3) is 9.29. The third-order valence-electron chi connectivity index (χ3n) is 4.44. The van der Waals surface area contributed by atoms with Crippen molar-refractivity contribution in [1.29, 1.82) is 0 Å². The number of carbonyl (C=O) groups excluding carboxylic acids is 2. The Labute approximate surface area is 186 Å². The van der Waals surface area contributed by atoms with Gasteiger partial charge < -0.3 is 24.6 Å². The van der Waals surface area contributed by atoms with Crippen molar-refractivity contribution in [3.8, 4) is 0 Å². The summed E-state index contributed by atoms with van der Waals surface area (Å²) < 4.78 is 10.2. The summed E-state index contributed by atoms with van der Waals surface area (Å²) in [5.41, 5.74) is -0.495. The van der Waals surface area contributed by atoms with E-state index in [2.05, 4.69) is 22.1 Å². The first-order chi connectivity index (χ1) is 12.6. The zero-order valence-electron chi connectivity index (χ0n) is 18.3. The van der Waals surface area contributed by atoms with Gasteiger partial charge in [-0.25, -0.2) is 4.79 Å². The normalized spacial score (nSPS) is 16.7. The lowest BCUT2D eigenvalue weighted by Gasteiger charge is -2.33. The van der Waals surface area contributed by atoms with E-state index in [9.17, 15) is 9.59 Å². The molecule has 0 aromatic heterocycles. The zero-order chi connectivity index (χ0) is 20.6. The molecule has 0 aromatic rings. The Kier molecular flexibility index (Phi) is 11.8. The molecule has 9 heteroatoms. The largest absolute Gasteiger partial charge is 0.469 e. The lowest BCUT2D eigenvalue weighted by molar-refractivity contribution is -0.146. The molecule has 1 N–H and O–H groups in total. The van der Waals surface area contributed by atoms with Crippen LogP contribution in [0, 0.1) is 11.8 Å². The van der Waals surface area contributed by atoms with Gasteiger partial charge in [0.05, 0.1) is 13.0 Å². The number of aliphatic imine (C=N–C) groups is 1. The molecule has 1 aliphatic rings. The Morgan fingerprint density at radius 1 is 1.29 bits per heavy atom. The van der Waals surface area contributed by atoms with Crippen molar-refractivity contribution in [2.75, 3.05) is 47.4 Å². The first kappa shape index (κ1) is 26.7. The summed E-state index contributed by atoms with van der Waals surface area (Å²) >= 11 is 0. The van der Waals surface area contributed by atoms with Gasteiger partial charge in [0.25, 0.3) is 0 Å². The number of esters is 1. The van der Waals surface area contributed by atoms with E-state index in [0.29, 0.717) is 13.1 Å². The van der Waals surface area contributed by atoms with Gasteiger partial charge in [-0.2, -0.15) is 0 Å². The van der Waals surface area contributed by atoms with Gasteiger partial charge in [-0.15, -0.1) is 24.0 Å². The molecule has 8 nitrogen and oxygen atoms in total. The van der Waals surface area contributed by atoms with Crippen LogP contribution in [-0.4, -0.2) is 80.8 Å². The van der Waals surface area contributed by atoms with E-state index < -0.39 is 5.60 Å². The Morgan fingerprint density at radius 2 is 1.86 bits per heavy atom. The van der Waals surface area contributed by atoms with E-state index in [1.807, 2.05) is 20.8 Å². The average molecular weight is 512 g/mol. The number of methoxy groups -OCH3 is 1. The van der Waals surface area contributed by atoms with Gasteiger partial charge in [-0.1, -0.05) is 6.92 Å². The van der Waals surface area contributed by atoms with Crippen molar-refractivity contribution in [1.82, 2.24) is 15.1 Å². The Morgan fingerprint density at radius 3 is 2.32 bits per heavy atom. The predicted molar refractivity (Wildman–Crippen MR) is 121 cm³/mol. The topological polar surface area (TPSA) is 83.5 Å². The van der Waals surface area contributed by atoms with Crippen LogP contribution >= 0.6 is 24.0 Å². The minimum atomic E-state index is -0.495. The van der Waals surface area contributed by atoms with Crippen molar-refractivity contribution in [2.24, 2.45) is 16.8 Å². The standard InChI is InChI=1S/C19H36N4O4.HI/c1-14(13-22(6)18(25)27-19(2,3)4)12-21-17(20-5)23-10-8-15(9-11-23)16(24)26-7;/h14-15H,8-13H2,1-7H3,(H,20,21);1H. The van der Waals surface area contributed by atoms with Crippen LogP contribution in [0.3, 0.4) is 0 Å². The third-order valence-corrected chi connectivity index (χ3v) is 4.44. The number of halogens is 1. The number of nitrogens with one attached hydrogen (secondary N) is 1. The SMILES string of the molecule is CN=C(NCC(C)CN(C)C(=O)OC(C)(C)C)N1CCC(C(=O)OC)CC1.I. The van der Waals surface area contributed by atoms with E-state index in [1.165, 1.54) is 7.11 Å². The fraction of sp³-hybridized carbons (Fsp3) is 0.842. The fourth-order valence-electron chi connectivity index (χ4n) is 3.04. The van der Waals surface area contributed by atoms with Gasteiger partial charge in [-0.05, 0) is 39.5 Å². The number of rotatable bonds is 5. The maximum atomic E-state index is 12.1. The summed E-state index contributed by atoms with van der Waals surface area (Å²) in [6.07, 6.45) is 1.22. The van der Waals surface area contributed by atoms with Gasteiger partial charge in [0.1, 0.15) is 5.60 Å². The molecule has 28 heavy (non-hydrogen) atoms. The Hall–Kier alpha value is -1.26. The summed E-state index contributed by atoms with van der Waals surface area (Å²) in [5.74, 6) is 0.902. The molecule has 0 bridgehead atoms. The van der Waals surface area contributed by atoms with E-state index in [0.717, 1.165) is 31.9 Å². The molecule has 1 amide bonds. The minimum Gasteiger partial charge on any atom is -0.469 e. The molecular weight excluding hydrogens is 475 g/mol. The quantitative estimate of drug-likeness (QED) is 0.264. The molecule has 1 rings (SSSR count). The van der Waals surface area contributed by atoms with Crippen LogP contribution in [0.2, 0.25) is 0 Å². The second-order valence-electron chi connectivity index (χ2n) is 8.18. The van der Waals surface area contributed by atoms with Crippen LogP contribution < -0.4 is 5.32 Å². The molecule has 1 unspecified atom stereocenters. The summed E-state index contributed by atoms with van der Waals surface area (Å²) in [7, 11) is 4.94. The predicted octanol–water partition coefficient (Wildman–Crippen LogP) is 2.57. The van der Waals surface area contributed by atoms with Crippen molar-refractivity contribution < 1.29 is 19.1 Å². The second-order valence-corrected chi connectivity index (χ2v) is 8.18. The highest BCUT2D eigenvalue weighted by Crippen LogP contribution is 2.18. The second kappa shape index (κ2) is 12.3. The highest BCUT2D eigenvalue weighted by Gasteiger charge is 2.27. The first-order valence-corrected chi connectivity index (χ1v) is 9.55. The smallest absolute Gasteiger partial charge is 0.410 e. The van der Waals surface area contributed by atoms with Crippen LogP contribution in [-0.2, 0) is 14.3 Å². The molecule has 0 aromatic carbocycles. The van der Waals surface area contributed by atoms with Crippen LogP contribution in [0.1, 0.15) is 40.5 Å². The number of ether oxygens (including phenoxy) is 2. The van der Waals surface area contributed by atoms with Crippen molar-refractivity contribution >= 4 is 42.0 Å². The summed E-state index contributed by atoms with van der Waals surface area (Å²) in [6, 6.07) is 0. The van der Waals surface area contributed by atoms with Gasteiger partial charge >= 0.3 is 12.1 Å².